The molecule has 0 saturated heterocycles. The molecule has 2 aromatic rings. The second kappa shape index (κ2) is 7.04. The number of hydrogen-bond donors (Lipinski definition) is 1. The Morgan fingerprint density at radius 1 is 1.45 bits per heavy atom. The van der Waals surface area contributed by atoms with Crippen molar-refractivity contribution in [2.45, 2.75) is 31.5 Å². The highest BCUT2D eigenvalue weighted by atomic mass is 32.2. The number of thioether (sulfide) groups is 1. The smallest absolute Gasteiger partial charge is 0.313 e. The number of carboxylic acids is 1. The van der Waals surface area contributed by atoms with Crippen molar-refractivity contribution in [3.63, 3.8) is 0 Å². The summed E-state index contributed by atoms with van der Waals surface area (Å²) in [6, 6.07) is 3.77. The molecule has 0 aliphatic rings. The van der Waals surface area contributed by atoms with Gasteiger partial charge >= 0.3 is 5.97 Å². The lowest BCUT2D eigenvalue weighted by Crippen LogP contribution is -2.05. The van der Waals surface area contributed by atoms with Crippen LogP contribution in [0.5, 0.6) is 0 Å². The van der Waals surface area contributed by atoms with Gasteiger partial charge in [-0.15, -0.1) is 10.2 Å². The van der Waals surface area contributed by atoms with Crippen molar-refractivity contribution >= 4 is 17.7 Å². The molecule has 7 heteroatoms. The van der Waals surface area contributed by atoms with Crippen LogP contribution in [0.2, 0.25) is 0 Å². The number of carbonyl (C=O) groups is 1. The van der Waals surface area contributed by atoms with Crippen molar-refractivity contribution in [3.05, 3.63) is 24.5 Å². The molecule has 1 N–H and O–H groups in total. The van der Waals surface area contributed by atoms with Crippen LogP contribution < -0.4 is 0 Å². The Morgan fingerprint density at radius 2 is 2.30 bits per heavy atom. The minimum atomic E-state index is -0.858. The summed E-state index contributed by atoms with van der Waals surface area (Å²) in [6.07, 6.45) is 5.48. The molecule has 2 aromatic heterocycles. The van der Waals surface area contributed by atoms with Crippen LogP contribution >= 0.6 is 11.8 Å². The molecule has 2 heterocycles. The van der Waals surface area contributed by atoms with Gasteiger partial charge in [0.1, 0.15) is 0 Å². The van der Waals surface area contributed by atoms with Gasteiger partial charge in [-0.05, 0) is 18.6 Å². The summed E-state index contributed by atoms with van der Waals surface area (Å²) in [6.45, 7) is 2.88. The van der Waals surface area contributed by atoms with E-state index in [-0.39, 0.29) is 5.75 Å². The zero-order valence-electron chi connectivity index (χ0n) is 11.2. The topological polar surface area (TPSA) is 80.9 Å². The average Bonchev–Trinajstić information content (AvgIpc) is 2.86. The zero-order chi connectivity index (χ0) is 14.4. The summed E-state index contributed by atoms with van der Waals surface area (Å²) >= 11 is 1.19. The molecular weight excluding hydrogens is 276 g/mol. The molecule has 0 aliphatic carbocycles. The van der Waals surface area contributed by atoms with E-state index in [2.05, 4.69) is 22.1 Å². The van der Waals surface area contributed by atoms with Crippen LogP contribution in [0, 0.1) is 0 Å². The van der Waals surface area contributed by atoms with Crippen LogP contribution in [0.25, 0.3) is 11.4 Å². The fourth-order valence-corrected chi connectivity index (χ4v) is 2.43. The average molecular weight is 292 g/mol. The molecule has 0 saturated carbocycles. The van der Waals surface area contributed by atoms with E-state index in [1.807, 2.05) is 16.7 Å². The van der Waals surface area contributed by atoms with Crippen LogP contribution in [0.3, 0.4) is 0 Å². The van der Waals surface area contributed by atoms with Crippen molar-refractivity contribution in [2.24, 2.45) is 0 Å². The molecule has 20 heavy (non-hydrogen) atoms. The lowest BCUT2D eigenvalue weighted by Gasteiger charge is -2.08. The number of aliphatic carboxylic acids is 1. The highest BCUT2D eigenvalue weighted by Crippen LogP contribution is 2.23. The van der Waals surface area contributed by atoms with Crippen molar-refractivity contribution < 1.29 is 9.90 Å². The van der Waals surface area contributed by atoms with Crippen molar-refractivity contribution in [3.8, 4) is 11.4 Å². The van der Waals surface area contributed by atoms with Gasteiger partial charge < -0.3 is 9.67 Å². The van der Waals surface area contributed by atoms with Gasteiger partial charge in [-0.3, -0.25) is 9.78 Å². The fraction of sp³-hybridized carbons (Fsp3) is 0.385. The normalized spacial score (nSPS) is 10.7. The van der Waals surface area contributed by atoms with E-state index in [1.165, 1.54) is 11.8 Å². The minimum absolute atomic E-state index is 0.0166. The Morgan fingerprint density at radius 3 is 2.95 bits per heavy atom. The van der Waals surface area contributed by atoms with Crippen LogP contribution in [-0.4, -0.2) is 36.6 Å². The summed E-state index contributed by atoms with van der Waals surface area (Å²) in [5.41, 5.74) is 0.887. The van der Waals surface area contributed by atoms with E-state index in [0.717, 1.165) is 30.8 Å². The van der Waals surface area contributed by atoms with Crippen molar-refractivity contribution in [2.75, 3.05) is 5.75 Å². The molecule has 6 nitrogen and oxygen atoms in total. The van der Waals surface area contributed by atoms with E-state index in [9.17, 15) is 4.79 Å². The van der Waals surface area contributed by atoms with E-state index in [0.29, 0.717) is 5.16 Å². The minimum Gasteiger partial charge on any atom is -0.481 e. The third-order valence-electron chi connectivity index (χ3n) is 2.70. The largest absolute Gasteiger partial charge is 0.481 e. The highest BCUT2D eigenvalue weighted by Gasteiger charge is 2.15. The molecule has 0 atom stereocenters. The first-order chi connectivity index (χ1) is 9.72. The lowest BCUT2D eigenvalue weighted by atomic mass is 10.2. The molecule has 0 bridgehead atoms. The molecule has 2 rings (SSSR count). The Hall–Kier alpha value is -1.89. The molecule has 0 amide bonds. The first-order valence-electron chi connectivity index (χ1n) is 6.40. The fourth-order valence-electron chi connectivity index (χ4n) is 1.75. The van der Waals surface area contributed by atoms with Crippen LogP contribution in [-0.2, 0) is 11.3 Å². The molecule has 0 spiro atoms. The molecule has 0 aliphatic heterocycles. The van der Waals surface area contributed by atoms with E-state index in [4.69, 9.17) is 5.11 Å². The quantitative estimate of drug-likeness (QED) is 0.789. The van der Waals surface area contributed by atoms with Gasteiger partial charge in [0.2, 0.25) is 0 Å². The molecule has 0 aromatic carbocycles. The highest BCUT2D eigenvalue weighted by molar-refractivity contribution is 7.99. The van der Waals surface area contributed by atoms with Gasteiger partial charge in [0.15, 0.2) is 11.0 Å². The third kappa shape index (κ3) is 3.57. The molecule has 106 valence electrons. The monoisotopic (exact) mass is 292 g/mol. The number of aromatic nitrogens is 4. The van der Waals surface area contributed by atoms with Gasteiger partial charge in [-0.1, -0.05) is 25.1 Å². The maximum Gasteiger partial charge on any atom is 0.313 e. The molecule has 0 unspecified atom stereocenters. The van der Waals surface area contributed by atoms with E-state index < -0.39 is 5.97 Å². The Labute approximate surface area is 121 Å². The van der Waals surface area contributed by atoms with E-state index >= 15 is 0 Å². The summed E-state index contributed by atoms with van der Waals surface area (Å²) in [5, 5.41) is 17.7. The van der Waals surface area contributed by atoms with Crippen LogP contribution in [0.4, 0.5) is 0 Å². The molecule has 0 fully saturated rings. The predicted molar refractivity (Wildman–Crippen MR) is 76.5 cm³/mol. The van der Waals surface area contributed by atoms with Crippen LogP contribution in [0.1, 0.15) is 19.8 Å². The lowest BCUT2D eigenvalue weighted by molar-refractivity contribution is -0.133. The van der Waals surface area contributed by atoms with Crippen molar-refractivity contribution in [1.29, 1.82) is 0 Å². The summed E-state index contributed by atoms with van der Waals surface area (Å²) in [5.74, 6) is -0.139. The first kappa shape index (κ1) is 14.5. The van der Waals surface area contributed by atoms with Gasteiger partial charge in [-0.25, -0.2) is 0 Å². The molecule has 0 radical (unpaired) electrons. The maximum atomic E-state index is 10.7. The molecular formula is C13H16N4O2S. The first-order valence-corrected chi connectivity index (χ1v) is 7.39. The summed E-state index contributed by atoms with van der Waals surface area (Å²) in [4.78, 5) is 14.8. The Kier molecular flexibility index (Phi) is 5.11. The van der Waals surface area contributed by atoms with Gasteiger partial charge in [0.05, 0.1) is 5.75 Å². The van der Waals surface area contributed by atoms with Gasteiger partial charge in [0.25, 0.3) is 0 Å². The SMILES string of the molecule is CCCCn1c(SCC(=O)O)nnc1-c1cccnc1. The summed E-state index contributed by atoms with van der Waals surface area (Å²) in [7, 11) is 0. The third-order valence-corrected chi connectivity index (χ3v) is 3.65. The van der Waals surface area contributed by atoms with Gasteiger partial charge in [0, 0.05) is 24.5 Å². The Bertz CT molecular complexity index is 571. The predicted octanol–water partition coefficient (Wildman–Crippen LogP) is 2.32. The second-order valence-electron chi connectivity index (χ2n) is 4.24. The number of carboxylic acid groups (broad SMARTS) is 1. The Balaban J connectivity index is 2.29. The van der Waals surface area contributed by atoms with Crippen molar-refractivity contribution in [1.82, 2.24) is 19.7 Å². The number of rotatable bonds is 7. The number of unbranched alkanes of at least 4 members (excludes halogenated alkanes) is 1. The number of hydrogen-bond acceptors (Lipinski definition) is 5. The second-order valence-corrected chi connectivity index (χ2v) is 5.18. The number of nitrogens with zero attached hydrogens (tertiary/aromatic N) is 4. The summed E-state index contributed by atoms with van der Waals surface area (Å²) < 4.78 is 1.97. The number of pyridine rings is 1. The zero-order valence-corrected chi connectivity index (χ0v) is 12.0. The standard InChI is InChI=1S/C13H16N4O2S/c1-2-3-7-17-12(10-5-4-6-14-8-10)15-16-13(17)20-9-11(18)19/h4-6,8H,2-3,7,9H2,1H3,(H,18,19). The maximum absolute atomic E-state index is 10.7. The van der Waals surface area contributed by atoms with E-state index in [1.54, 1.807) is 12.4 Å². The van der Waals surface area contributed by atoms with Crippen LogP contribution in [0.15, 0.2) is 29.7 Å². The van der Waals surface area contributed by atoms with Gasteiger partial charge in [-0.2, -0.15) is 0 Å².